The van der Waals surface area contributed by atoms with Crippen LogP contribution in [0.15, 0.2) is 36.9 Å². The van der Waals surface area contributed by atoms with Crippen LogP contribution in [0, 0.1) is 0 Å². The minimum absolute atomic E-state index is 0.111. The van der Waals surface area contributed by atoms with Crippen molar-refractivity contribution < 1.29 is 24.3 Å². The van der Waals surface area contributed by atoms with Gasteiger partial charge in [0.25, 0.3) is 0 Å². The van der Waals surface area contributed by atoms with Crippen molar-refractivity contribution in [2.24, 2.45) is 0 Å². The first kappa shape index (κ1) is 22.9. The molecule has 1 aromatic rings. The zero-order valence-electron chi connectivity index (χ0n) is 16.5. The molecule has 0 saturated carbocycles. The lowest BCUT2D eigenvalue weighted by molar-refractivity contribution is -0.893. The molecule has 0 heterocycles. The predicted octanol–water partition coefficient (Wildman–Crippen LogP) is 3.25. The number of esters is 1. The molecule has 0 radical (unpaired) electrons. The van der Waals surface area contributed by atoms with Crippen molar-refractivity contribution in [2.75, 3.05) is 20.2 Å². The van der Waals surface area contributed by atoms with Gasteiger partial charge in [-0.3, -0.25) is 4.79 Å². The van der Waals surface area contributed by atoms with Crippen LogP contribution in [0.3, 0.4) is 0 Å². The highest BCUT2D eigenvalue weighted by Crippen LogP contribution is 2.09. The van der Waals surface area contributed by atoms with Crippen molar-refractivity contribution in [2.45, 2.75) is 57.9 Å². The number of aromatic carboxylic acids is 1. The fourth-order valence-corrected chi connectivity index (χ4v) is 2.88. The summed E-state index contributed by atoms with van der Waals surface area (Å²) >= 11 is 0. The third-order valence-corrected chi connectivity index (χ3v) is 4.54. The van der Waals surface area contributed by atoms with Gasteiger partial charge in [-0.2, -0.15) is 0 Å². The predicted molar refractivity (Wildman–Crippen MR) is 107 cm³/mol. The first-order valence-electron chi connectivity index (χ1n) is 9.93. The van der Waals surface area contributed by atoms with Crippen LogP contribution in [0.1, 0.15) is 67.3 Å². The number of carbonyl (C=O) groups is 2. The van der Waals surface area contributed by atoms with Crippen molar-refractivity contribution in [1.29, 1.82) is 0 Å². The number of benzene rings is 1. The van der Waals surface area contributed by atoms with Gasteiger partial charge in [0, 0.05) is 12.0 Å². The summed E-state index contributed by atoms with van der Waals surface area (Å²) in [5, 5.41) is 8.90. The van der Waals surface area contributed by atoms with E-state index in [0.717, 1.165) is 37.9 Å². The molecule has 0 aliphatic rings. The molecule has 0 saturated heterocycles. The van der Waals surface area contributed by atoms with E-state index < -0.39 is 5.97 Å². The molecule has 150 valence electrons. The normalized spacial score (nSPS) is 11.7. The first-order chi connectivity index (χ1) is 13.0. The van der Waals surface area contributed by atoms with Gasteiger partial charge in [-0.25, -0.2) is 4.79 Å². The lowest BCUT2D eigenvalue weighted by Crippen LogP contribution is -3.08. The Bertz CT molecular complexity index is 568. The number of carboxylic acid groups (broad SMARTS) is 1. The van der Waals surface area contributed by atoms with Crippen LogP contribution in [0.25, 0.3) is 0 Å². The lowest BCUT2D eigenvalue weighted by atomic mass is 10.1. The van der Waals surface area contributed by atoms with Gasteiger partial charge in [0.2, 0.25) is 0 Å². The number of likely N-dealkylation sites (N-methyl/N-ethyl adjacent to an activating group) is 1. The molecule has 27 heavy (non-hydrogen) atoms. The van der Waals surface area contributed by atoms with E-state index in [4.69, 9.17) is 9.84 Å². The van der Waals surface area contributed by atoms with Gasteiger partial charge in [-0.15, -0.1) is 6.58 Å². The number of nitrogens with one attached hydrogen (secondary N) is 1. The number of quaternary nitrogens is 1. The van der Waals surface area contributed by atoms with E-state index in [1.165, 1.54) is 30.6 Å². The number of carboxylic acids is 1. The maximum atomic E-state index is 11.8. The van der Waals surface area contributed by atoms with Crippen molar-refractivity contribution in [3.8, 4) is 0 Å². The zero-order valence-corrected chi connectivity index (χ0v) is 16.5. The molecule has 0 fully saturated rings. The van der Waals surface area contributed by atoms with E-state index in [2.05, 4.69) is 6.58 Å². The molecule has 5 nitrogen and oxygen atoms in total. The van der Waals surface area contributed by atoms with E-state index in [0.29, 0.717) is 18.6 Å². The Hall–Kier alpha value is -2.14. The number of carbonyl (C=O) groups excluding carboxylic acids is 1. The Balaban J connectivity index is 2.06. The fraction of sp³-hybridized carbons (Fsp3) is 0.545. The average molecular weight is 377 g/mol. The summed E-state index contributed by atoms with van der Waals surface area (Å²) in [5.41, 5.74) is 1.36. The Kier molecular flexibility index (Phi) is 11.9. The highest BCUT2D eigenvalue weighted by molar-refractivity contribution is 5.87. The smallest absolute Gasteiger partial charge is 0.335 e. The SMILES string of the molecule is C=CCCCCCCCCC(=O)OCC[NH+](C)Cc1ccc(C(=O)O)cc1. The van der Waals surface area contributed by atoms with E-state index in [1.807, 2.05) is 25.3 Å². The molecule has 0 amide bonds. The largest absolute Gasteiger partial charge is 0.478 e. The molecule has 0 aromatic heterocycles. The zero-order chi connectivity index (χ0) is 19.9. The Morgan fingerprint density at radius 3 is 2.33 bits per heavy atom. The van der Waals surface area contributed by atoms with Crippen molar-refractivity contribution >= 4 is 11.9 Å². The van der Waals surface area contributed by atoms with E-state index >= 15 is 0 Å². The topological polar surface area (TPSA) is 68.0 Å². The number of hydrogen-bond acceptors (Lipinski definition) is 3. The van der Waals surface area contributed by atoms with Crippen LogP contribution in [0.4, 0.5) is 0 Å². The Morgan fingerprint density at radius 2 is 1.70 bits per heavy atom. The van der Waals surface area contributed by atoms with Crippen LogP contribution >= 0.6 is 0 Å². The fourth-order valence-electron chi connectivity index (χ4n) is 2.88. The summed E-state index contributed by atoms with van der Waals surface area (Å²) in [4.78, 5) is 23.8. The summed E-state index contributed by atoms with van der Waals surface area (Å²) in [6.07, 6.45) is 10.4. The quantitative estimate of drug-likeness (QED) is 0.280. The number of ether oxygens (including phenoxy) is 1. The molecule has 0 aliphatic carbocycles. The van der Waals surface area contributed by atoms with Gasteiger partial charge in [0.15, 0.2) is 0 Å². The molecule has 2 N–H and O–H groups in total. The molecular weight excluding hydrogens is 342 g/mol. The minimum atomic E-state index is -0.915. The van der Waals surface area contributed by atoms with Crippen LogP contribution in [-0.4, -0.2) is 37.2 Å². The van der Waals surface area contributed by atoms with E-state index in [9.17, 15) is 9.59 Å². The maximum Gasteiger partial charge on any atom is 0.335 e. The Morgan fingerprint density at radius 1 is 1.07 bits per heavy atom. The standard InChI is InChI=1S/C22H33NO4/c1-3-4-5-6-7-8-9-10-11-21(24)27-17-16-23(2)18-19-12-14-20(15-13-19)22(25)26/h3,12-15H,1,4-11,16-18H2,2H3,(H,25,26)/p+1. The Labute approximate surface area is 163 Å². The molecular formula is C22H34NO4+. The number of unbranched alkanes of at least 4 members (excludes halogenated alkanes) is 6. The molecule has 1 unspecified atom stereocenters. The summed E-state index contributed by atoms with van der Waals surface area (Å²) in [6.45, 7) is 5.63. The molecule has 0 spiro atoms. The number of allylic oxidation sites excluding steroid dienone is 1. The second-order valence-corrected chi connectivity index (χ2v) is 7.06. The maximum absolute atomic E-state index is 11.8. The van der Waals surface area contributed by atoms with Gasteiger partial charge in [-0.1, -0.05) is 43.9 Å². The summed E-state index contributed by atoms with van der Waals surface area (Å²) in [7, 11) is 2.03. The van der Waals surface area contributed by atoms with Crippen molar-refractivity contribution in [3.63, 3.8) is 0 Å². The van der Waals surface area contributed by atoms with Crippen LogP contribution in [-0.2, 0) is 16.1 Å². The van der Waals surface area contributed by atoms with Gasteiger partial charge in [-0.05, 0) is 31.4 Å². The molecule has 1 rings (SSSR count). The lowest BCUT2D eigenvalue weighted by Gasteiger charge is -2.14. The van der Waals surface area contributed by atoms with Gasteiger partial charge < -0.3 is 14.7 Å². The second kappa shape index (κ2) is 14.0. The summed E-state index contributed by atoms with van der Waals surface area (Å²) in [5.74, 6) is -1.03. The molecule has 1 aromatic carbocycles. The molecule has 1 atom stereocenters. The van der Waals surface area contributed by atoms with Gasteiger partial charge in [0.1, 0.15) is 19.7 Å². The van der Waals surface area contributed by atoms with E-state index in [-0.39, 0.29) is 5.97 Å². The van der Waals surface area contributed by atoms with Crippen LogP contribution in [0.5, 0.6) is 0 Å². The van der Waals surface area contributed by atoms with Crippen LogP contribution in [0.2, 0.25) is 0 Å². The monoisotopic (exact) mass is 376 g/mol. The summed E-state index contributed by atoms with van der Waals surface area (Å²) < 4.78 is 5.31. The number of hydrogen-bond donors (Lipinski definition) is 2. The molecule has 0 bridgehead atoms. The van der Waals surface area contributed by atoms with Crippen molar-refractivity contribution in [1.82, 2.24) is 0 Å². The third-order valence-electron chi connectivity index (χ3n) is 4.54. The highest BCUT2D eigenvalue weighted by atomic mass is 16.5. The molecule has 0 aliphatic heterocycles. The minimum Gasteiger partial charge on any atom is -0.478 e. The van der Waals surface area contributed by atoms with Crippen LogP contribution < -0.4 is 4.90 Å². The van der Waals surface area contributed by atoms with Crippen molar-refractivity contribution in [3.05, 3.63) is 48.0 Å². The third kappa shape index (κ3) is 11.2. The molecule has 5 heteroatoms. The van der Waals surface area contributed by atoms with Gasteiger partial charge >= 0.3 is 11.9 Å². The van der Waals surface area contributed by atoms with E-state index in [1.54, 1.807) is 12.1 Å². The van der Waals surface area contributed by atoms with Gasteiger partial charge in [0.05, 0.1) is 12.6 Å². The highest BCUT2D eigenvalue weighted by Gasteiger charge is 2.08. The summed E-state index contributed by atoms with van der Waals surface area (Å²) in [6, 6.07) is 6.89. The second-order valence-electron chi connectivity index (χ2n) is 7.06. The first-order valence-corrected chi connectivity index (χ1v) is 9.93. The average Bonchev–Trinajstić information content (AvgIpc) is 2.64. The number of rotatable bonds is 15.